The average Bonchev–Trinajstić information content (AvgIpc) is 2.57. The van der Waals surface area contributed by atoms with Crippen LogP contribution in [0, 0.1) is 5.92 Å². The molecule has 1 aromatic carbocycles. The monoisotopic (exact) mass is 392 g/mol. The molecule has 1 fully saturated rings. The molecule has 0 bridgehead atoms. The summed E-state index contributed by atoms with van der Waals surface area (Å²) in [5.41, 5.74) is 0.526. The van der Waals surface area contributed by atoms with E-state index in [1.165, 1.54) is 18.5 Å². The maximum Gasteiger partial charge on any atom is 0.322 e. The van der Waals surface area contributed by atoms with Crippen LogP contribution in [0.1, 0.15) is 0 Å². The average molecular weight is 393 g/mol. The fraction of sp³-hybridized carbons (Fsp3) is 0.176. The molecule has 2 heterocycles. The summed E-state index contributed by atoms with van der Waals surface area (Å²) >= 11 is 11.9. The highest BCUT2D eigenvalue weighted by Crippen LogP contribution is 2.31. The van der Waals surface area contributed by atoms with Crippen molar-refractivity contribution in [2.75, 3.05) is 18.4 Å². The Morgan fingerprint density at radius 2 is 1.96 bits per heavy atom. The van der Waals surface area contributed by atoms with Crippen molar-refractivity contribution in [3.05, 3.63) is 53.3 Å². The fourth-order valence-electron chi connectivity index (χ4n) is 2.31. The number of aromatic nitrogens is 2. The Bertz CT molecular complexity index is 852. The Labute approximate surface area is 159 Å². The van der Waals surface area contributed by atoms with Crippen LogP contribution in [0.4, 0.5) is 5.69 Å². The lowest BCUT2D eigenvalue weighted by atomic mass is 9.99. The second-order valence-corrected chi connectivity index (χ2v) is 6.41. The third kappa shape index (κ3) is 4.12. The lowest BCUT2D eigenvalue weighted by Crippen LogP contribution is -2.53. The van der Waals surface area contributed by atoms with Gasteiger partial charge in [-0.3, -0.25) is 9.59 Å². The van der Waals surface area contributed by atoms with Gasteiger partial charge < -0.3 is 15.0 Å². The van der Waals surface area contributed by atoms with Gasteiger partial charge in [-0.2, -0.15) is 0 Å². The highest BCUT2D eigenvalue weighted by molar-refractivity contribution is 6.32. The number of rotatable bonds is 5. The second kappa shape index (κ2) is 7.72. The molecule has 1 N–H and O–H groups in total. The number of carbonyl (C=O) groups excluding carboxylic acids is 2. The summed E-state index contributed by atoms with van der Waals surface area (Å²) in [7, 11) is 0. The molecule has 0 saturated carbocycles. The first-order valence-electron chi connectivity index (χ1n) is 7.63. The van der Waals surface area contributed by atoms with Gasteiger partial charge in [-0.25, -0.2) is 9.97 Å². The molecule has 1 aliphatic heterocycles. The minimum atomic E-state index is -0.254. The maximum atomic E-state index is 12.2. The Morgan fingerprint density at radius 1 is 1.27 bits per heavy atom. The molecular weight excluding hydrogens is 379 g/mol. The van der Waals surface area contributed by atoms with Crippen LogP contribution in [0.15, 0.2) is 43.2 Å². The predicted molar refractivity (Wildman–Crippen MR) is 97.5 cm³/mol. The van der Waals surface area contributed by atoms with Gasteiger partial charge in [0.15, 0.2) is 0 Å². The van der Waals surface area contributed by atoms with E-state index in [0.717, 1.165) is 0 Å². The van der Waals surface area contributed by atoms with Crippen LogP contribution >= 0.6 is 23.2 Å². The standard InChI is InChI=1S/C17H14Cl2N4O3/c1-2-15(24)23-8-10(9-23)16(25)22-12-3-4-14(13(19)5-12)26-17-20-6-11(18)7-21-17/h2-7,10H,1,8-9H2,(H,22,25). The highest BCUT2D eigenvalue weighted by Gasteiger charge is 2.34. The molecule has 1 saturated heterocycles. The topological polar surface area (TPSA) is 84.4 Å². The van der Waals surface area contributed by atoms with Crippen LogP contribution in [-0.4, -0.2) is 39.8 Å². The van der Waals surface area contributed by atoms with E-state index in [9.17, 15) is 9.59 Å². The zero-order valence-electron chi connectivity index (χ0n) is 13.5. The lowest BCUT2D eigenvalue weighted by molar-refractivity contribution is -0.137. The molecule has 0 radical (unpaired) electrons. The molecule has 2 aromatic rings. The van der Waals surface area contributed by atoms with Crippen LogP contribution in [0.3, 0.4) is 0 Å². The van der Waals surface area contributed by atoms with Crippen molar-refractivity contribution >= 4 is 40.7 Å². The molecule has 7 nitrogen and oxygen atoms in total. The Hall–Kier alpha value is -2.64. The third-order valence-corrected chi connectivity index (χ3v) is 4.23. The van der Waals surface area contributed by atoms with Crippen LogP contribution in [0.25, 0.3) is 0 Å². The Morgan fingerprint density at radius 3 is 2.58 bits per heavy atom. The van der Waals surface area contributed by atoms with Gasteiger partial charge in [0, 0.05) is 18.8 Å². The van der Waals surface area contributed by atoms with Gasteiger partial charge in [-0.15, -0.1) is 0 Å². The van der Waals surface area contributed by atoms with Crippen molar-refractivity contribution in [3.8, 4) is 11.8 Å². The number of hydrogen-bond donors (Lipinski definition) is 1. The quantitative estimate of drug-likeness (QED) is 0.789. The van der Waals surface area contributed by atoms with E-state index < -0.39 is 0 Å². The Kier molecular flexibility index (Phi) is 5.39. The molecule has 3 rings (SSSR count). The smallest absolute Gasteiger partial charge is 0.322 e. The number of hydrogen-bond acceptors (Lipinski definition) is 5. The minimum absolute atomic E-state index is 0.106. The van der Waals surface area contributed by atoms with Crippen LogP contribution < -0.4 is 10.1 Å². The fourth-order valence-corrected chi connectivity index (χ4v) is 2.63. The lowest BCUT2D eigenvalue weighted by Gasteiger charge is -2.37. The number of nitrogens with one attached hydrogen (secondary N) is 1. The number of likely N-dealkylation sites (tertiary alicyclic amines) is 1. The first-order chi connectivity index (χ1) is 12.5. The van der Waals surface area contributed by atoms with E-state index in [1.807, 2.05) is 0 Å². The van der Waals surface area contributed by atoms with Crippen molar-refractivity contribution in [2.24, 2.45) is 5.92 Å². The van der Waals surface area contributed by atoms with Crippen molar-refractivity contribution in [1.29, 1.82) is 0 Å². The normalized spacial score (nSPS) is 13.7. The molecule has 134 valence electrons. The summed E-state index contributed by atoms with van der Waals surface area (Å²) < 4.78 is 5.48. The summed E-state index contributed by atoms with van der Waals surface area (Å²) in [5, 5.41) is 3.45. The molecule has 1 aromatic heterocycles. The molecule has 1 aliphatic rings. The van der Waals surface area contributed by atoms with Crippen LogP contribution in [-0.2, 0) is 9.59 Å². The SMILES string of the molecule is C=CC(=O)N1CC(C(=O)Nc2ccc(Oc3ncc(Cl)cn3)c(Cl)c2)C1. The Balaban J connectivity index is 1.59. The number of carbonyl (C=O) groups is 2. The van der Waals surface area contributed by atoms with Crippen LogP contribution in [0.2, 0.25) is 10.0 Å². The van der Waals surface area contributed by atoms with E-state index in [-0.39, 0.29) is 23.7 Å². The van der Waals surface area contributed by atoms with E-state index >= 15 is 0 Å². The third-order valence-electron chi connectivity index (χ3n) is 3.74. The number of benzene rings is 1. The summed E-state index contributed by atoms with van der Waals surface area (Å²) in [4.78, 5) is 33.0. The van der Waals surface area contributed by atoms with Gasteiger partial charge in [0.05, 0.1) is 28.4 Å². The first kappa shape index (κ1) is 18.2. The van der Waals surface area contributed by atoms with Crippen molar-refractivity contribution in [3.63, 3.8) is 0 Å². The molecule has 0 aliphatic carbocycles. The van der Waals surface area contributed by atoms with Gasteiger partial charge in [0.2, 0.25) is 11.8 Å². The second-order valence-electron chi connectivity index (χ2n) is 5.56. The molecule has 9 heteroatoms. The van der Waals surface area contributed by atoms with E-state index in [2.05, 4.69) is 21.9 Å². The zero-order chi connectivity index (χ0) is 18.7. The maximum absolute atomic E-state index is 12.2. The number of halogens is 2. The molecule has 2 amide bonds. The van der Waals surface area contributed by atoms with E-state index in [0.29, 0.717) is 34.6 Å². The van der Waals surface area contributed by atoms with Gasteiger partial charge in [0.25, 0.3) is 0 Å². The van der Waals surface area contributed by atoms with Gasteiger partial charge in [-0.05, 0) is 24.3 Å². The van der Waals surface area contributed by atoms with Gasteiger partial charge in [0.1, 0.15) is 5.75 Å². The van der Waals surface area contributed by atoms with Crippen molar-refractivity contribution < 1.29 is 14.3 Å². The van der Waals surface area contributed by atoms with E-state index in [1.54, 1.807) is 23.1 Å². The van der Waals surface area contributed by atoms with Gasteiger partial charge in [-0.1, -0.05) is 29.8 Å². The molecule has 26 heavy (non-hydrogen) atoms. The van der Waals surface area contributed by atoms with Gasteiger partial charge >= 0.3 is 6.01 Å². The summed E-state index contributed by atoms with van der Waals surface area (Å²) in [6.07, 6.45) is 4.05. The molecule has 0 unspecified atom stereocenters. The summed E-state index contributed by atoms with van der Waals surface area (Å²) in [6, 6.07) is 4.93. The molecule has 0 spiro atoms. The van der Waals surface area contributed by atoms with Crippen molar-refractivity contribution in [1.82, 2.24) is 14.9 Å². The van der Waals surface area contributed by atoms with E-state index in [4.69, 9.17) is 27.9 Å². The molecular formula is C17H14Cl2N4O3. The van der Waals surface area contributed by atoms with Crippen LogP contribution in [0.5, 0.6) is 11.8 Å². The number of anilines is 1. The predicted octanol–water partition coefficient (Wildman–Crippen LogP) is 3.16. The van der Waals surface area contributed by atoms with Crippen molar-refractivity contribution in [2.45, 2.75) is 0 Å². The minimum Gasteiger partial charge on any atom is -0.423 e. The number of nitrogens with zero attached hydrogens (tertiary/aromatic N) is 3. The largest absolute Gasteiger partial charge is 0.423 e. The molecule has 0 atom stereocenters. The first-order valence-corrected chi connectivity index (χ1v) is 8.39. The summed E-state index contributed by atoms with van der Waals surface area (Å²) in [5.74, 6) is -0.263. The summed E-state index contributed by atoms with van der Waals surface area (Å²) in [6.45, 7) is 4.17. The highest BCUT2D eigenvalue weighted by atomic mass is 35.5. The zero-order valence-corrected chi connectivity index (χ0v) is 15.0. The number of amides is 2. The number of ether oxygens (including phenoxy) is 1.